The number of rotatable bonds is 5. The van der Waals surface area contributed by atoms with Crippen molar-refractivity contribution in [3.05, 3.63) is 75.8 Å². The first kappa shape index (κ1) is 30.6. The molecule has 1 aromatic heterocycles. The summed E-state index contributed by atoms with van der Waals surface area (Å²) >= 11 is 7.47. The Kier molecular flexibility index (Phi) is 9.56. The molecule has 3 aromatic rings. The summed E-state index contributed by atoms with van der Waals surface area (Å²) in [6.07, 6.45) is -1.56. The minimum Gasteiger partial charge on any atom is -0.475 e. The summed E-state index contributed by atoms with van der Waals surface area (Å²) in [5.41, 5.74) is 1.68. The molecular formula is C26H22ClF3N4O5S. The standard InChI is InChI=1S/C24H21ClN4O3S.C2HF3O2/c1-24(2,13-30)29-21(31)16-6-7-17(25)19(12-16)27-23-28-22(32)20(33-23)11-14-5-8-18-15(10-14)4-3-9-26-18;3-2(4,5)1(6)7/h3-12,30H,13H2,1-2H3,(H,29,31)(H,27,28,32);(H,6,7)/b20-11-;. The van der Waals surface area contributed by atoms with Gasteiger partial charge in [-0.25, -0.2) is 9.79 Å². The minimum absolute atomic E-state index is 0.201. The van der Waals surface area contributed by atoms with Crippen LogP contribution < -0.4 is 10.6 Å². The van der Waals surface area contributed by atoms with Gasteiger partial charge in [-0.05, 0) is 73.6 Å². The number of carboxylic acids is 1. The second-order valence-corrected chi connectivity index (χ2v) is 10.3. The number of alkyl halides is 3. The van der Waals surface area contributed by atoms with Crippen LogP contribution in [0.3, 0.4) is 0 Å². The summed E-state index contributed by atoms with van der Waals surface area (Å²) in [5.74, 6) is -3.38. The van der Waals surface area contributed by atoms with Crippen molar-refractivity contribution in [2.24, 2.45) is 4.99 Å². The van der Waals surface area contributed by atoms with Gasteiger partial charge >= 0.3 is 12.1 Å². The summed E-state index contributed by atoms with van der Waals surface area (Å²) < 4.78 is 31.7. The van der Waals surface area contributed by atoms with Crippen LogP contribution in [-0.4, -0.2) is 56.5 Å². The maximum atomic E-state index is 12.5. The number of nitrogens with one attached hydrogen (secondary N) is 2. The minimum atomic E-state index is -5.08. The van der Waals surface area contributed by atoms with E-state index in [1.165, 1.54) is 11.8 Å². The molecule has 2 amide bonds. The van der Waals surface area contributed by atoms with Crippen LogP contribution in [-0.2, 0) is 9.59 Å². The zero-order valence-electron chi connectivity index (χ0n) is 20.9. The second-order valence-electron chi connectivity index (χ2n) is 8.90. The third-order valence-electron chi connectivity index (χ3n) is 5.10. The molecule has 4 rings (SSSR count). The van der Waals surface area contributed by atoms with Crippen molar-refractivity contribution in [1.82, 2.24) is 15.6 Å². The largest absolute Gasteiger partial charge is 0.490 e. The lowest BCUT2D eigenvalue weighted by molar-refractivity contribution is -0.192. The molecule has 2 aromatic carbocycles. The third-order valence-corrected chi connectivity index (χ3v) is 6.33. The summed E-state index contributed by atoms with van der Waals surface area (Å²) in [6, 6.07) is 14.3. The van der Waals surface area contributed by atoms with Gasteiger partial charge in [-0.15, -0.1) is 0 Å². The second kappa shape index (κ2) is 12.5. The Morgan fingerprint density at radius 3 is 2.52 bits per heavy atom. The SMILES string of the molecule is CC(C)(CO)NC(=O)c1ccc(Cl)c(N=C2NC(=O)/C(=C/c3ccc4ncccc4c3)S2)c1.O=C(O)C(F)(F)F. The van der Waals surface area contributed by atoms with Crippen LogP contribution in [0.5, 0.6) is 0 Å². The number of aliphatic imine (C=N–C) groups is 1. The molecule has 1 aliphatic heterocycles. The van der Waals surface area contributed by atoms with E-state index in [9.17, 15) is 27.9 Å². The lowest BCUT2D eigenvalue weighted by Crippen LogP contribution is -2.46. The number of aromatic nitrogens is 1. The number of halogens is 4. The van der Waals surface area contributed by atoms with Gasteiger partial charge in [0.05, 0.1) is 33.3 Å². The molecule has 2 heterocycles. The number of thioether (sulfide) groups is 1. The van der Waals surface area contributed by atoms with Crippen LogP contribution in [0.15, 0.2) is 64.6 Å². The zero-order valence-corrected chi connectivity index (χ0v) is 22.5. The van der Waals surface area contributed by atoms with Crippen LogP contribution in [0.25, 0.3) is 17.0 Å². The van der Waals surface area contributed by atoms with Crippen molar-refractivity contribution in [1.29, 1.82) is 0 Å². The molecule has 0 saturated carbocycles. The number of carbonyl (C=O) groups excluding carboxylic acids is 2. The van der Waals surface area contributed by atoms with Crippen LogP contribution in [0.4, 0.5) is 18.9 Å². The Morgan fingerprint density at radius 2 is 1.88 bits per heavy atom. The van der Waals surface area contributed by atoms with Crippen LogP contribution in [0.2, 0.25) is 5.02 Å². The highest BCUT2D eigenvalue weighted by Gasteiger charge is 2.38. The van der Waals surface area contributed by atoms with E-state index < -0.39 is 17.7 Å². The van der Waals surface area contributed by atoms with Crippen molar-refractivity contribution in [2.75, 3.05) is 6.61 Å². The maximum Gasteiger partial charge on any atom is 0.490 e. The number of aliphatic hydroxyl groups is 1. The predicted octanol–water partition coefficient (Wildman–Crippen LogP) is 4.91. The van der Waals surface area contributed by atoms with Gasteiger partial charge in [0.1, 0.15) is 0 Å². The van der Waals surface area contributed by atoms with Crippen molar-refractivity contribution >= 4 is 69.0 Å². The Labute approximate surface area is 235 Å². The molecule has 0 atom stereocenters. The molecule has 0 bridgehead atoms. The van der Waals surface area contributed by atoms with Gasteiger partial charge < -0.3 is 20.8 Å². The molecule has 9 nitrogen and oxygen atoms in total. The molecule has 0 unspecified atom stereocenters. The van der Waals surface area contributed by atoms with Crippen molar-refractivity contribution in [3.63, 3.8) is 0 Å². The fourth-order valence-electron chi connectivity index (χ4n) is 3.08. The fourth-order valence-corrected chi connectivity index (χ4v) is 4.08. The van der Waals surface area contributed by atoms with Gasteiger partial charge in [0, 0.05) is 17.1 Å². The molecule has 210 valence electrons. The predicted molar refractivity (Wildman–Crippen MR) is 146 cm³/mol. The number of amides is 2. The van der Waals surface area contributed by atoms with Crippen LogP contribution >= 0.6 is 23.4 Å². The molecule has 14 heteroatoms. The maximum absolute atomic E-state index is 12.5. The number of fused-ring (bicyclic) bond motifs is 1. The highest BCUT2D eigenvalue weighted by Crippen LogP contribution is 2.32. The van der Waals surface area contributed by atoms with Crippen molar-refractivity contribution in [3.8, 4) is 0 Å². The van der Waals surface area contributed by atoms with E-state index in [4.69, 9.17) is 21.5 Å². The molecule has 40 heavy (non-hydrogen) atoms. The first-order valence-corrected chi connectivity index (χ1v) is 12.6. The Morgan fingerprint density at radius 1 is 1.18 bits per heavy atom. The van der Waals surface area contributed by atoms with Crippen LogP contribution in [0.1, 0.15) is 29.8 Å². The number of pyridine rings is 1. The van der Waals surface area contributed by atoms with Gasteiger partial charge in [-0.3, -0.25) is 14.6 Å². The summed E-state index contributed by atoms with van der Waals surface area (Å²) in [7, 11) is 0. The number of amidine groups is 1. The Bertz CT molecular complexity index is 1530. The van der Waals surface area contributed by atoms with Crippen LogP contribution in [0, 0.1) is 0 Å². The van der Waals surface area contributed by atoms with Gasteiger partial charge in [-0.2, -0.15) is 13.2 Å². The molecule has 1 fully saturated rings. The number of aliphatic hydroxyl groups excluding tert-OH is 1. The summed E-state index contributed by atoms with van der Waals surface area (Å²) in [6.45, 7) is 3.23. The monoisotopic (exact) mass is 594 g/mol. The molecule has 0 spiro atoms. The smallest absolute Gasteiger partial charge is 0.475 e. The van der Waals surface area contributed by atoms with Gasteiger partial charge in [-0.1, -0.05) is 23.7 Å². The topological polar surface area (TPSA) is 141 Å². The van der Waals surface area contributed by atoms with E-state index in [0.717, 1.165) is 16.5 Å². The van der Waals surface area contributed by atoms with Crippen molar-refractivity contribution < 1.29 is 37.8 Å². The van der Waals surface area contributed by atoms with E-state index in [-0.39, 0.29) is 18.4 Å². The summed E-state index contributed by atoms with van der Waals surface area (Å²) in [5, 5.41) is 23.7. The van der Waals surface area contributed by atoms with E-state index in [0.29, 0.717) is 26.3 Å². The molecule has 1 saturated heterocycles. The molecule has 4 N–H and O–H groups in total. The van der Waals surface area contributed by atoms with Gasteiger partial charge in [0.25, 0.3) is 11.8 Å². The normalized spacial score (nSPS) is 15.5. The number of hydrogen-bond donors (Lipinski definition) is 4. The number of benzene rings is 2. The average molecular weight is 595 g/mol. The van der Waals surface area contributed by atoms with E-state index in [2.05, 4.69) is 20.6 Å². The third kappa shape index (κ3) is 8.28. The highest BCUT2D eigenvalue weighted by atomic mass is 35.5. The Balaban J connectivity index is 0.000000559. The van der Waals surface area contributed by atoms with Crippen molar-refractivity contribution in [2.45, 2.75) is 25.6 Å². The molecular weight excluding hydrogens is 573 g/mol. The van der Waals surface area contributed by atoms with Gasteiger partial charge in [0.2, 0.25) is 0 Å². The first-order valence-electron chi connectivity index (χ1n) is 11.4. The number of hydrogen-bond acceptors (Lipinski definition) is 7. The molecule has 0 aliphatic carbocycles. The van der Waals surface area contributed by atoms with E-state index in [1.807, 2.05) is 30.3 Å². The van der Waals surface area contributed by atoms with E-state index >= 15 is 0 Å². The van der Waals surface area contributed by atoms with E-state index in [1.54, 1.807) is 44.3 Å². The lowest BCUT2D eigenvalue weighted by atomic mass is 10.1. The fraction of sp³-hybridized carbons (Fsp3) is 0.192. The quantitative estimate of drug-likeness (QED) is 0.308. The molecule has 1 aliphatic rings. The summed E-state index contributed by atoms with van der Waals surface area (Å²) in [4.78, 5) is 43.1. The first-order chi connectivity index (χ1) is 18.7. The number of carbonyl (C=O) groups is 3. The number of aliphatic carboxylic acids is 1. The van der Waals surface area contributed by atoms with Gasteiger partial charge in [0.15, 0.2) is 5.17 Å². The highest BCUT2D eigenvalue weighted by molar-refractivity contribution is 8.18. The number of carboxylic acid groups (broad SMARTS) is 1. The zero-order chi connectivity index (χ0) is 29.7. The molecule has 0 radical (unpaired) electrons. The number of nitrogens with zero attached hydrogens (tertiary/aromatic N) is 2. The lowest BCUT2D eigenvalue weighted by Gasteiger charge is -2.23. The Hall–Kier alpha value is -3.94. The average Bonchev–Trinajstić information content (AvgIpc) is 3.23.